The minimum atomic E-state index is -1.04. The number of aromatic nitrogens is 1. The number of carboxylic acids is 1. The summed E-state index contributed by atoms with van der Waals surface area (Å²) in [5.41, 5.74) is 1.31. The molecule has 1 amide bonds. The predicted molar refractivity (Wildman–Crippen MR) is 73.1 cm³/mol. The lowest BCUT2D eigenvalue weighted by atomic mass is 10.2. The third kappa shape index (κ3) is 3.65. The Balaban J connectivity index is 2.19. The largest absolute Gasteiger partial charge is 0.480 e. The summed E-state index contributed by atoms with van der Waals surface area (Å²) >= 11 is 0. The van der Waals surface area contributed by atoms with Gasteiger partial charge in [0.25, 0.3) is 5.91 Å². The van der Waals surface area contributed by atoms with E-state index in [-0.39, 0.29) is 19.0 Å². The summed E-state index contributed by atoms with van der Waals surface area (Å²) in [6.07, 6.45) is 3.02. The zero-order chi connectivity index (χ0) is 14.4. The first-order valence-corrected chi connectivity index (χ1v) is 6.12. The van der Waals surface area contributed by atoms with Gasteiger partial charge in [0.1, 0.15) is 6.54 Å². The average Bonchev–Trinajstić information content (AvgIpc) is 2.47. The van der Waals surface area contributed by atoms with Crippen molar-refractivity contribution in [3.8, 4) is 0 Å². The van der Waals surface area contributed by atoms with Crippen molar-refractivity contribution in [2.24, 2.45) is 0 Å². The molecule has 0 atom stereocenters. The van der Waals surface area contributed by atoms with Gasteiger partial charge in [-0.05, 0) is 17.7 Å². The van der Waals surface area contributed by atoms with Crippen LogP contribution in [0.2, 0.25) is 0 Å². The molecule has 20 heavy (non-hydrogen) atoms. The highest BCUT2D eigenvalue weighted by atomic mass is 16.4. The van der Waals surface area contributed by atoms with Crippen molar-refractivity contribution in [3.63, 3.8) is 0 Å². The number of benzene rings is 1. The van der Waals surface area contributed by atoms with Gasteiger partial charge in [-0.15, -0.1) is 0 Å². The second-order valence-corrected chi connectivity index (χ2v) is 4.28. The van der Waals surface area contributed by atoms with Crippen LogP contribution in [0.25, 0.3) is 0 Å². The Bertz CT molecular complexity index is 585. The topological polar surface area (TPSA) is 70.5 Å². The number of pyridine rings is 1. The van der Waals surface area contributed by atoms with Crippen molar-refractivity contribution in [1.82, 2.24) is 9.88 Å². The van der Waals surface area contributed by atoms with Gasteiger partial charge < -0.3 is 10.0 Å². The number of carboxylic acid groups (broad SMARTS) is 1. The minimum absolute atomic E-state index is 0.258. The van der Waals surface area contributed by atoms with Crippen LogP contribution in [0.3, 0.4) is 0 Å². The Labute approximate surface area is 116 Å². The molecular weight excluding hydrogens is 256 g/mol. The third-order valence-corrected chi connectivity index (χ3v) is 2.76. The summed E-state index contributed by atoms with van der Waals surface area (Å²) in [4.78, 5) is 28.4. The number of amides is 1. The second kappa shape index (κ2) is 6.47. The number of hydrogen-bond acceptors (Lipinski definition) is 3. The van der Waals surface area contributed by atoms with Gasteiger partial charge in [-0.2, -0.15) is 0 Å². The lowest BCUT2D eigenvalue weighted by Gasteiger charge is -2.20. The molecule has 1 heterocycles. The fraction of sp³-hybridized carbons (Fsp3) is 0.133. The van der Waals surface area contributed by atoms with Crippen LogP contribution in [0.5, 0.6) is 0 Å². The quantitative estimate of drug-likeness (QED) is 0.899. The Morgan fingerprint density at radius 1 is 1.05 bits per heavy atom. The number of rotatable bonds is 5. The van der Waals surface area contributed by atoms with Gasteiger partial charge >= 0.3 is 5.97 Å². The molecule has 0 radical (unpaired) electrons. The van der Waals surface area contributed by atoms with E-state index in [1.54, 1.807) is 12.1 Å². The van der Waals surface area contributed by atoms with Gasteiger partial charge in [0.05, 0.1) is 0 Å². The molecule has 0 unspecified atom stereocenters. The van der Waals surface area contributed by atoms with E-state index in [1.165, 1.54) is 17.3 Å². The third-order valence-electron chi connectivity index (χ3n) is 2.76. The molecule has 0 aliphatic heterocycles. The first-order chi connectivity index (χ1) is 9.66. The van der Waals surface area contributed by atoms with Crippen molar-refractivity contribution in [1.29, 1.82) is 0 Å². The van der Waals surface area contributed by atoms with Gasteiger partial charge in [-0.3, -0.25) is 14.6 Å². The first kappa shape index (κ1) is 13.7. The Hall–Kier alpha value is -2.69. The molecule has 0 spiro atoms. The second-order valence-electron chi connectivity index (χ2n) is 4.28. The van der Waals surface area contributed by atoms with E-state index in [2.05, 4.69) is 4.98 Å². The number of carbonyl (C=O) groups is 2. The highest BCUT2D eigenvalue weighted by Crippen LogP contribution is 2.09. The molecule has 0 aliphatic rings. The Kier molecular flexibility index (Phi) is 4.44. The van der Waals surface area contributed by atoms with Crippen molar-refractivity contribution < 1.29 is 14.7 Å². The molecule has 0 fully saturated rings. The molecule has 2 aromatic rings. The van der Waals surface area contributed by atoms with Crippen LogP contribution in [0.15, 0.2) is 54.9 Å². The van der Waals surface area contributed by atoms with Crippen LogP contribution in [0.1, 0.15) is 15.9 Å². The number of aliphatic carboxylic acids is 1. The summed E-state index contributed by atoms with van der Waals surface area (Å²) in [5.74, 6) is -1.36. The predicted octanol–water partition coefficient (Wildman–Crippen LogP) is 1.81. The van der Waals surface area contributed by atoms with E-state index in [4.69, 9.17) is 5.11 Å². The molecule has 0 aliphatic carbocycles. The molecule has 5 nitrogen and oxygen atoms in total. The maximum absolute atomic E-state index is 12.3. The van der Waals surface area contributed by atoms with E-state index < -0.39 is 5.97 Å². The number of carbonyl (C=O) groups excluding carboxylic acids is 1. The van der Waals surface area contributed by atoms with Crippen molar-refractivity contribution in [2.45, 2.75) is 6.54 Å². The molecule has 0 bridgehead atoms. The fourth-order valence-corrected chi connectivity index (χ4v) is 1.84. The van der Waals surface area contributed by atoms with Crippen LogP contribution in [-0.2, 0) is 11.3 Å². The maximum atomic E-state index is 12.3. The molecule has 0 saturated carbocycles. The molecule has 102 valence electrons. The number of hydrogen-bond donors (Lipinski definition) is 1. The highest BCUT2D eigenvalue weighted by molar-refractivity contribution is 5.95. The summed E-state index contributed by atoms with van der Waals surface area (Å²) in [6.45, 7) is -0.0790. The van der Waals surface area contributed by atoms with Crippen molar-refractivity contribution in [2.75, 3.05) is 6.54 Å². The van der Waals surface area contributed by atoms with Gasteiger partial charge in [0.2, 0.25) is 0 Å². The van der Waals surface area contributed by atoms with Crippen LogP contribution in [0.4, 0.5) is 0 Å². The Morgan fingerprint density at radius 3 is 2.30 bits per heavy atom. The standard InChI is InChI=1S/C15H14N2O3/c18-14(19)11-17(10-12-4-2-1-3-5-12)15(20)13-6-8-16-9-7-13/h1-9H,10-11H2,(H,18,19). The van der Waals surface area contributed by atoms with Crippen molar-refractivity contribution in [3.05, 3.63) is 66.0 Å². The van der Waals surface area contributed by atoms with Gasteiger partial charge in [-0.1, -0.05) is 30.3 Å². The summed E-state index contributed by atoms with van der Waals surface area (Å²) in [6, 6.07) is 12.4. The molecule has 2 rings (SSSR count). The summed E-state index contributed by atoms with van der Waals surface area (Å²) < 4.78 is 0. The van der Waals surface area contributed by atoms with Crippen LogP contribution >= 0.6 is 0 Å². The lowest BCUT2D eigenvalue weighted by molar-refractivity contribution is -0.137. The summed E-state index contributed by atoms with van der Waals surface area (Å²) in [5, 5.41) is 8.95. The maximum Gasteiger partial charge on any atom is 0.323 e. The zero-order valence-electron chi connectivity index (χ0n) is 10.8. The van der Waals surface area contributed by atoms with Crippen molar-refractivity contribution >= 4 is 11.9 Å². The summed E-state index contributed by atoms with van der Waals surface area (Å²) in [7, 11) is 0. The van der Waals surface area contributed by atoms with Gasteiger partial charge in [0.15, 0.2) is 0 Å². The molecule has 0 saturated heterocycles. The zero-order valence-corrected chi connectivity index (χ0v) is 10.8. The monoisotopic (exact) mass is 270 g/mol. The van der Waals surface area contributed by atoms with Crippen LogP contribution in [0, 0.1) is 0 Å². The number of nitrogens with zero attached hydrogens (tertiary/aromatic N) is 2. The molecule has 1 aromatic heterocycles. The average molecular weight is 270 g/mol. The molecule has 1 aromatic carbocycles. The smallest absolute Gasteiger partial charge is 0.323 e. The van der Waals surface area contributed by atoms with Gasteiger partial charge in [0, 0.05) is 24.5 Å². The minimum Gasteiger partial charge on any atom is -0.480 e. The van der Waals surface area contributed by atoms with E-state index in [1.807, 2.05) is 30.3 Å². The van der Waals surface area contributed by atoms with E-state index >= 15 is 0 Å². The van der Waals surface area contributed by atoms with E-state index in [0.717, 1.165) is 5.56 Å². The molecule has 5 heteroatoms. The molecular formula is C15H14N2O3. The van der Waals surface area contributed by atoms with Gasteiger partial charge in [-0.25, -0.2) is 0 Å². The normalized spacial score (nSPS) is 10.0. The lowest BCUT2D eigenvalue weighted by Crippen LogP contribution is -2.35. The van der Waals surface area contributed by atoms with Crippen LogP contribution < -0.4 is 0 Å². The Morgan fingerprint density at radius 2 is 1.70 bits per heavy atom. The molecule has 1 N–H and O–H groups in total. The first-order valence-electron chi connectivity index (χ1n) is 6.12. The van der Waals surface area contributed by atoms with E-state index in [0.29, 0.717) is 5.56 Å². The van der Waals surface area contributed by atoms with E-state index in [9.17, 15) is 9.59 Å². The highest BCUT2D eigenvalue weighted by Gasteiger charge is 2.18. The SMILES string of the molecule is O=C(O)CN(Cc1ccccc1)C(=O)c1ccncc1. The van der Waals surface area contributed by atoms with Crippen LogP contribution in [-0.4, -0.2) is 33.4 Å². The fourth-order valence-electron chi connectivity index (χ4n) is 1.84.